The predicted molar refractivity (Wildman–Crippen MR) is 71.5 cm³/mol. The number of carbonyl (C=O) groups excluding carboxylic acids is 1. The highest BCUT2D eigenvalue weighted by Crippen LogP contribution is 2.08. The minimum Gasteiger partial charge on any atom is -0.457 e. The summed E-state index contributed by atoms with van der Waals surface area (Å²) in [7, 11) is 0. The molecule has 0 fully saturated rings. The molecule has 0 saturated carbocycles. The molecule has 3 heteroatoms. The maximum Gasteiger partial charge on any atom is 0.330 e. The van der Waals surface area contributed by atoms with E-state index in [1.165, 1.54) is 6.08 Å². The lowest BCUT2D eigenvalue weighted by atomic mass is 10.3. The van der Waals surface area contributed by atoms with Crippen LogP contribution in [-0.2, 0) is 9.53 Å². The molecule has 0 rings (SSSR count). The zero-order chi connectivity index (χ0) is 13.1. The third-order valence-electron chi connectivity index (χ3n) is 2.53. The highest BCUT2D eigenvalue weighted by atomic mass is 16.5. The Morgan fingerprint density at radius 3 is 1.82 bits per heavy atom. The minimum absolute atomic E-state index is 0.361. The number of rotatable bonds is 10. The van der Waals surface area contributed by atoms with Gasteiger partial charge in [-0.05, 0) is 18.2 Å². The summed E-state index contributed by atoms with van der Waals surface area (Å²) in [6, 6.07) is 0. The summed E-state index contributed by atoms with van der Waals surface area (Å²) in [4.78, 5) is 11.0. The number of nitrogens with zero attached hydrogens (tertiary/aromatic N) is 1. The second-order valence-corrected chi connectivity index (χ2v) is 3.85. The van der Waals surface area contributed by atoms with E-state index in [0.29, 0.717) is 13.2 Å². The van der Waals surface area contributed by atoms with Crippen LogP contribution in [0, 0.1) is 0 Å². The summed E-state index contributed by atoms with van der Waals surface area (Å²) in [5.74, 6) is -0.390. The summed E-state index contributed by atoms with van der Waals surface area (Å²) in [5, 5.41) is 0. The molecule has 0 atom stereocenters. The molecule has 0 spiro atoms. The van der Waals surface area contributed by atoms with E-state index in [0.717, 1.165) is 24.1 Å². The van der Waals surface area contributed by atoms with Gasteiger partial charge < -0.3 is 9.22 Å². The normalized spacial score (nSPS) is 10.4. The number of carbonyl (C=O) groups is 1. The first-order valence-electron chi connectivity index (χ1n) is 5.61. The lowest BCUT2D eigenvalue weighted by Crippen LogP contribution is -2.50. The van der Waals surface area contributed by atoms with Crippen LogP contribution in [0.5, 0.6) is 0 Å². The van der Waals surface area contributed by atoms with Gasteiger partial charge in [0.25, 0.3) is 0 Å². The highest BCUT2D eigenvalue weighted by Gasteiger charge is 2.23. The molecule has 0 bridgehead atoms. The third-order valence-corrected chi connectivity index (χ3v) is 2.53. The second kappa shape index (κ2) is 8.53. The maximum absolute atomic E-state index is 11.0. The number of quaternary nitrogens is 1. The Bertz CT molecular complexity index is 268. The molecule has 3 nitrogen and oxygen atoms in total. The Kier molecular flexibility index (Phi) is 7.72. The maximum atomic E-state index is 11.0. The molecule has 0 aromatic rings. The average molecular weight is 236 g/mol. The van der Waals surface area contributed by atoms with Gasteiger partial charge in [0.2, 0.25) is 0 Å². The van der Waals surface area contributed by atoms with E-state index in [2.05, 4.69) is 26.3 Å². The Balaban J connectivity index is 4.47. The fourth-order valence-corrected chi connectivity index (χ4v) is 1.72. The number of esters is 1. The Hall–Kier alpha value is -1.61. The summed E-state index contributed by atoms with van der Waals surface area (Å²) in [5.41, 5.74) is 0. The molecule has 0 saturated heterocycles. The first kappa shape index (κ1) is 15.4. The first-order chi connectivity index (χ1) is 8.14. The monoisotopic (exact) mass is 236 g/mol. The van der Waals surface area contributed by atoms with Crippen LogP contribution in [0.2, 0.25) is 0 Å². The van der Waals surface area contributed by atoms with Crippen LogP contribution in [-0.4, -0.2) is 43.2 Å². The van der Waals surface area contributed by atoms with E-state index in [1.54, 1.807) is 0 Å². The van der Waals surface area contributed by atoms with Crippen molar-refractivity contribution in [2.24, 2.45) is 0 Å². The summed E-state index contributed by atoms with van der Waals surface area (Å²) >= 11 is 0. The number of hydrogen-bond acceptors (Lipinski definition) is 2. The lowest BCUT2D eigenvalue weighted by Gasteiger charge is -2.35. The van der Waals surface area contributed by atoms with E-state index >= 15 is 0 Å². The fourth-order valence-electron chi connectivity index (χ4n) is 1.72. The molecule has 0 aromatic heterocycles. The SMILES string of the molecule is C=CC[N+](CC=C)(CC=C)CCOC(=O)C=C. The summed E-state index contributed by atoms with van der Waals surface area (Å²) in [6.07, 6.45) is 6.76. The van der Waals surface area contributed by atoms with Crippen LogP contribution in [0.3, 0.4) is 0 Å². The molecule has 0 heterocycles. The van der Waals surface area contributed by atoms with Gasteiger partial charge in [-0.25, -0.2) is 4.79 Å². The molecule has 0 radical (unpaired) electrons. The van der Waals surface area contributed by atoms with E-state index in [1.807, 2.05) is 18.2 Å². The van der Waals surface area contributed by atoms with Crippen LogP contribution >= 0.6 is 0 Å². The fraction of sp³-hybridized carbons (Fsp3) is 0.357. The van der Waals surface area contributed by atoms with Gasteiger partial charge in [0.1, 0.15) is 13.2 Å². The van der Waals surface area contributed by atoms with Gasteiger partial charge >= 0.3 is 5.97 Å². The van der Waals surface area contributed by atoms with Crippen molar-refractivity contribution in [3.63, 3.8) is 0 Å². The zero-order valence-electron chi connectivity index (χ0n) is 10.4. The van der Waals surface area contributed by atoms with Gasteiger partial charge in [0, 0.05) is 6.08 Å². The summed E-state index contributed by atoms with van der Waals surface area (Å²) in [6.45, 7) is 18.1. The van der Waals surface area contributed by atoms with Crippen molar-refractivity contribution in [2.45, 2.75) is 0 Å². The predicted octanol–water partition coefficient (Wildman–Crippen LogP) is 2.09. The van der Waals surface area contributed by atoms with Crippen molar-refractivity contribution < 1.29 is 14.0 Å². The largest absolute Gasteiger partial charge is 0.457 e. The van der Waals surface area contributed by atoms with Crippen LogP contribution in [0.15, 0.2) is 50.6 Å². The third kappa shape index (κ3) is 5.88. The number of ether oxygens (including phenoxy) is 1. The molecule has 0 aromatic carbocycles. The van der Waals surface area contributed by atoms with Crippen molar-refractivity contribution in [3.8, 4) is 0 Å². The quantitative estimate of drug-likeness (QED) is 0.251. The molecule has 0 unspecified atom stereocenters. The van der Waals surface area contributed by atoms with E-state index in [9.17, 15) is 4.79 Å². The van der Waals surface area contributed by atoms with Crippen molar-refractivity contribution in [1.82, 2.24) is 0 Å². The van der Waals surface area contributed by atoms with Crippen molar-refractivity contribution in [3.05, 3.63) is 50.6 Å². The molecule has 0 aliphatic heterocycles. The second-order valence-electron chi connectivity index (χ2n) is 3.85. The average Bonchev–Trinajstić information content (AvgIpc) is 2.30. The van der Waals surface area contributed by atoms with Crippen LogP contribution < -0.4 is 0 Å². The Morgan fingerprint density at radius 2 is 1.47 bits per heavy atom. The standard InChI is InChI=1S/C14H22NO2/c1-5-9-15(10-6-2,11-7-3)12-13-17-14(16)8-4/h5-8H,1-4,9-13H2/q+1. The van der Waals surface area contributed by atoms with Gasteiger partial charge in [-0.1, -0.05) is 26.3 Å². The van der Waals surface area contributed by atoms with Crippen molar-refractivity contribution in [2.75, 3.05) is 32.8 Å². The van der Waals surface area contributed by atoms with E-state index in [-0.39, 0.29) is 5.97 Å². The molecular weight excluding hydrogens is 214 g/mol. The molecule has 0 aliphatic carbocycles. The lowest BCUT2D eigenvalue weighted by molar-refractivity contribution is -0.912. The van der Waals surface area contributed by atoms with Crippen LogP contribution in [0.4, 0.5) is 0 Å². The molecular formula is C14H22NO2+. The minimum atomic E-state index is -0.390. The summed E-state index contributed by atoms with van der Waals surface area (Å²) < 4.78 is 5.73. The highest BCUT2D eigenvalue weighted by molar-refractivity contribution is 5.81. The van der Waals surface area contributed by atoms with Gasteiger partial charge in [0.15, 0.2) is 0 Å². The van der Waals surface area contributed by atoms with Gasteiger partial charge in [-0.15, -0.1) is 0 Å². The number of hydrogen-bond donors (Lipinski definition) is 0. The molecule has 94 valence electrons. The zero-order valence-corrected chi connectivity index (χ0v) is 10.4. The first-order valence-corrected chi connectivity index (χ1v) is 5.61. The van der Waals surface area contributed by atoms with Crippen molar-refractivity contribution >= 4 is 5.97 Å². The van der Waals surface area contributed by atoms with Crippen LogP contribution in [0.25, 0.3) is 0 Å². The molecule has 0 N–H and O–H groups in total. The van der Waals surface area contributed by atoms with E-state index < -0.39 is 0 Å². The topological polar surface area (TPSA) is 26.3 Å². The van der Waals surface area contributed by atoms with Gasteiger partial charge in [0.05, 0.1) is 19.6 Å². The van der Waals surface area contributed by atoms with E-state index in [4.69, 9.17) is 4.74 Å². The van der Waals surface area contributed by atoms with Crippen LogP contribution in [0.1, 0.15) is 0 Å². The Labute approximate surface area is 104 Å². The van der Waals surface area contributed by atoms with Gasteiger partial charge in [-0.2, -0.15) is 0 Å². The van der Waals surface area contributed by atoms with Crippen molar-refractivity contribution in [1.29, 1.82) is 0 Å². The molecule has 17 heavy (non-hydrogen) atoms. The molecule has 0 amide bonds. The van der Waals surface area contributed by atoms with Gasteiger partial charge in [-0.3, -0.25) is 0 Å². The smallest absolute Gasteiger partial charge is 0.330 e. The molecule has 0 aliphatic rings. The Morgan fingerprint density at radius 1 is 1.00 bits per heavy atom.